The van der Waals surface area contributed by atoms with Crippen molar-refractivity contribution in [3.63, 3.8) is 0 Å². The average Bonchev–Trinajstić information content (AvgIpc) is 2.94. The van der Waals surface area contributed by atoms with Gasteiger partial charge >= 0.3 is 0 Å². The average molecular weight is 223 g/mol. The summed E-state index contributed by atoms with van der Waals surface area (Å²) < 4.78 is 5.43. The summed E-state index contributed by atoms with van der Waals surface area (Å²) in [6, 6.07) is 1.44. The summed E-state index contributed by atoms with van der Waals surface area (Å²) in [5, 5.41) is 3.80. The SMILES string of the molecule is C1CCC2(C1)CCC(NC1CCOC1)CC2. The van der Waals surface area contributed by atoms with E-state index in [0.717, 1.165) is 24.7 Å². The van der Waals surface area contributed by atoms with Gasteiger partial charge in [0.15, 0.2) is 0 Å². The molecule has 0 bridgehead atoms. The maximum atomic E-state index is 5.43. The first-order chi connectivity index (χ1) is 7.86. The Kier molecular flexibility index (Phi) is 3.21. The van der Waals surface area contributed by atoms with Crippen molar-refractivity contribution in [1.29, 1.82) is 0 Å². The molecule has 1 atom stereocenters. The molecule has 1 N–H and O–H groups in total. The zero-order valence-corrected chi connectivity index (χ0v) is 10.3. The van der Waals surface area contributed by atoms with Crippen LogP contribution >= 0.6 is 0 Å². The van der Waals surface area contributed by atoms with Crippen molar-refractivity contribution >= 4 is 0 Å². The molecule has 1 unspecified atom stereocenters. The number of hydrogen-bond donors (Lipinski definition) is 1. The Labute approximate surface area is 99.1 Å². The van der Waals surface area contributed by atoms with E-state index in [2.05, 4.69) is 5.32 Å². The first-order valence-corrected chi connectivity index (χ1v) is 7.20. The van der Waals surface area contributed by atoms with E-state index in [-0.39, 0.29) is 0 Å². The van der Waals surface area contributed by atoms with E-state index < -0.39 is 0 Å². The van der Waals surface area contributed by atoms with Crippen molar-refractivity contribution in [2.45, 2.75) is 69.9 Å². The summed E-state index contributed by atoms with van der Waals surface area (Å²) in [4.78, 5) is 0. The third kappa shape index (κ3) is 2.28. The minimum atomic E-state index is 0.655. The highest BCUT2D eigenvalue weighted by molar-refractivity contribution is 4.92. The van der Waals surface area contributed by atoms with Gasteiger partial charge in [-0.3, -0.25) is 0 Å². The maximum Gasteiger partial charge on any atom is 0.0620 e. The molecule has 2 saturated carbocycles. The normalized spacial score (nSPS) is 34.9. The summed E-state index contributed by atoms with van der Waals surface area (Å²) in [6.45, 7) is 1.91. The fraction of sp³-hybridized carbons (Fsp3) is 1.00. The van der Waals surface area contributed by atoms with Crippen LogP contribution in [-0.4, -0.2) is 25.3 Å². The van der Waals surface area contributed by atoms with Crippen LogP contribution in [0.25, 0.3) is 0 Å². The van der Waals surface area contributed by atoms with Crippen molar-refractivity contribution in [1.82, 2.24) is 5.32 Å². The first kappa shape index (κ1) is 11.0. The Balaban J connectivity index is 1.46. The van der Waals surface area contributed by atoms with E-state index in [1.807, 2.05) is 0 Å². The van der Waals surface area contributed by atoms with Gasteiger partial charge in [-0.2, -0.15) is 0 Å². The second-order valence-corrected chi connectivity index (χ2v) is 6.21. The Bertz CT molecular complexity index is 219. The van der Waals surface area contributed by atoms with Crippen LogP contribution in [0.5, 0.6) is 0 Å². The van der Waals surface area contributed by atoms with Crippen LogP contribution in [0.1, 0.15) is 57.8 Å². The molecule has 2 aliphatic carbocycles. The fourth-order valence-electron chi connectivity index (χ4n) is 4.02. The molecule has 1 saturated heterocycles. The molecule has 0 aromatic rings. The standard InChI is InChI=1S/C14H25NO/c1-2-7-14(6-1)8-3-12(4-9-14)15-13-5-10-16-11-13/h12-13,15H,1-11H2. The molecule has 3 rings (SSSR count). The predicted molar refractivity (Wildman–Crippen MR) is 65.5 cm³/mol. The van der Waals surface area contributed by atoms with Gasteiger partial charge in [-0.1, -0.05) is 12.8 Å². The summed E-state index contributed by atoms with van der Waals surface area (Å²) in [7, 11) is 0. The topological polar surface area (TPSA) is 21.3 Å². The number of rotatable bonds is 2. The van der Waals surface area contributed by atoms with Gasteiger partial charge in [0.1, 0.15) is 0 Å². The molecule has 92 valence electrons. The quantitative estimate of drug-likeness (QED) is 0.777. The number of ether oxygens (including phenoxy) is 1. The molecule has 0 radical (unpaired) electrons. The van der Waals surface area contributed by atoms with E-state index in [4.69, 9.17) is 4.74 Å². The molecule has 3 aliphatic rings. The molecule has 0 aromatic heterocycles. The van der Waals surface area contributed by atoms with Gasteiger partial charge in [-0.15, -0.1) is 0 Å². The van der Waals surface area contributed by atoms with Gasteiger partial charge in [-0.05, 0) is 50.4 Å². The highest BCUT2D eigenvalue weighted by Gasteiger charge is 2.37. The lowest BCUT2D eigenvalue weighted by Crippen LogP contribution is -2.42. The Morgan fingerprint density at radius 2 is 1.62 bits per heavy atom. The summed E-state index contributed by atoms with van der Waals surface area (Å²) in [5.41, 5.74) is 0.782. The van der Waals surface area contributed by atoms with Crippen molar-refractivity contribution in [3.8, 4) is 0 Å². The van der Waals surface area contributed by atoms with Crippen LogP contribution in [0, 0.1) is 5.41 Å². The number of hydrogen-bond acceptors (Lipinski definition) is 2. The van der Waals surface area contributed by atoms with Crippen molar-refractivity contribution in [3.05, 3.63) is 0 Å². The lowest BCUT2D eigenvalue weighted by Gasteiger charge is -2.38. The Morgan fingerprint density at radius 3 is 2.25 bits per heavy atom. The molecule has 1 spiro atoms. The molecule has 0 amide bonds. The summed E-state index contributed by atoms with van der Waals surface area (Å²) in [6.07, 6.45) is 13.0. The molecule has 0 aromatic carbocycles. The molecule has 3 fully saturated rings. The van der Waals surface area contributed by atoms with Crippen molar-refractivity contribution < 1.29 is 4.74 Å². The first-order valence-electron chi connectivity index (χ1n) is 7.20. The minimum Gasteiger partial charge on any atom is -0.380 e. The molecular formula is C14H25NO. The minimum absolute atomic E-state index is 0.655. The zero-order valence-electron chi connectivity index (χ0n) is 10.3. The maximum absolute atomic E-state index is 5.43. The van der Waals surface area contributed by atoms with Crippen LogP contribution in [0.2, 0.25) is 0 Å². The third-order valence-electron chi connectivity index (χ3n) is 5.11. The monoisotopic (exact) mass is 223 g/mol. The highest BCUT2D eigenvalue weighted by atomic mass is 16.5. The molecule has 2 heteroatoms. The largest absolute Gasteiger partial charge is 0.380 e. The van der Waals surface area contributed by atoms with Crippen LogP contribution in [0.4, 0.5) is 0 Å². The van der Waals surface area contributed by atoms with Crippen LogP contribution in [0.15, 0.2) is 0 Å². The number of nitrogens with one attached hydrogen (secondary N) is 1. The lowest BCUT2D eigenvalue weighted by atomic mass is 9.71. The second-order valence-electron chi connectivity index (χ2n) is 6.21. The fourth-order valence-corrected chi connectivity index (χ4v) is 4.02. The smallest absolute Gasteiger partial charge is 0.0620 e. The van der Waals surface area contributed by atoms with Gasteiger partial charge in [-0.25, -0.2) is 0 Å². The van der Waals surface area contributed by atoms with Gasteiger partial charge in [0, 0.05) is 18.7 Å². The van der Waals surface area contributed by atoms with Gasteiger partial charge in [0.05, 0.1) is 6.61 Å². The Hall–Kier alpha value is -0.0800. The highest BCUT2D eigenvalue weighted by Crippen LogP contribution is 2.48. The summed E-state index contributed by atoms with van der Waals surface area (Å²) >= 11 is 0. The van der Waals surface area contributed by atoms with E-state index in [1.165, 1.54) is 57.8 Å². The zero-order chi connectivity index (χ0) is 10.8. The Morgan fingerprint density at radius 1 is 0.875 bits per heavy atom. The molecular weight excluding hydrogens is 198 g/mol. The van der Waals surface area contributed by atoms with Crippen LogP contribution < -0.4 is 5.32 Å². The predicted octanol–water partition coefficient (Wildman–Crippen LogP) is 2.87. The van der Waals surface area contributed by atoms with E-state index >= 15 is 0 Å². The third-order valence-corrected chi connectivity index (χ3v) is 5.11. The van der Waals surface area contributed by atoms with Crippen molar-refractivity contribution in [2.75, 3.05) is 13.2 Å². The van der Waals surface area contributed by atoms with Crippen LogP contribution in [-0.2, 0) is 4.74 Å². The van der Waals surface area contributed by atoms with E-state index in [9.17, 15) is 0 Å². The molecule has 16 heavy (non-hydrogen) atoms. The lowest BCUT2D eigenvalue weighted by molar-refractivity contribution is 0.154. The van der Waals surface area contributed by atoms with Gasteiger partial charge in [0.25, 0.3) is 0 Å². The summed E-state index contributed by atoms with van der Waals surface area (Å²) in [5.74, 6) is 0. The molecule has 1 aliphatic heterocycles. The molecule has 1 heterocycles. The van der Waals surface area contributed by atoms with E-state index in [0.29, 0.717) is 6.04 Å². The van der Waals surface area contributed by atoms with E-state index in [1.54, 1.807) is 0 Å². The van der Waals surface area contributed by atoms with Gasteiger partial charge < -0.3 is 10.1 Å². The molecule has 2 nitrogen and oxygen atoms in total. The van der Waals surface area contributed by atoms with Crippen molar-refractivity contribution in [2.24, 2.45) is 5.41 Å². The van der Waals surface area contributed by atoms with Gasteiger partial charge in [0.2, 0.25) is 0 Å². The van der Waals surface area contributed by atoms with Crippen LogP contribution in [0.3, 0.4) is 0 Å². The second kappa shape index (κ2) is 4.66.